The highest BCUT2D eigenvalue weighted by molar-refractivity contribution is 4.65. The quantitative estimate of drug-likeness (QED) is 0.575. The van der Waals surface area contributed by atoms with Gasteiger partial charge in [0.05, 0.1) is 6.17 Å². The number of rotatable bonds is 7. The first kappa shape index (κ1) is 11.9. The molecule has 0 rings (SSSR count). The van der Waals surface area contributed by atoms with Gasteiger partial charge in [0.2, 0.25) is 0 Å². The van der Waals surface area contributed by atoms with Crippen molar-refractivity contribution in [2.45, 2.75) is 59.2 Å². The van der Waals surface area contributed by atoms with E-state index in [1.165, 1.54) is 19.3 Å². The lowest BCUT2D eigenvalue weighted by Gasteiger charge is -2.21. The zero-order chi connectivity index (χ0) is 9.40. The van der Waals surface area contributed by atoms with Crippen LogP contribution in [0.25, 0.3) is 0 Å². The van der Waals surface area contributed by atoms with Crippen LogP contribution in [0, 0.1) is 0 Å². The molecule has 74 valence electrons. The van der Waals surface area contributed by atoms with Crippen LogP contribution in [0.4, 0.5) is 0 Å². The van der Waals surface area contributed by atoms with Gasteiger partial charge in [0.1, 0.15) is 0 Å². The molecule has 2 heteroatoms. The summed E-state index contributed by atoms with van der Waals surface area (Å²) in [4.78, 5) is 0. The Morgan fingerprint density at radius 3 is 2.25 bits per heavy atom. The third kappa shape index (κ3) is 6.62. The summed E-state index contributed by atoms with van der Waals surface area (Å²) in [5.74, 6) is 0. The summed E-state index contributed by atoms with van der Waals surface area (Å²) in [6, 6.07) is 0.575. The molecule has 0 radical (unpaired) electrons. The lowest BCUT2D eigenvalue weighted by atomic mass is 10.2. The first-order chi connectivity index (χ1) is 5.70. The van der Waals surface area contributed by atoms with E-state index >= 15 is 0 Å². The number of unbranched alkanes of at least 4 members (excludes halogenated alkanes) is 1. The maximum absolute atomic E-state index is 3.50. The second-order valence-electron chi connectivity index (χ2n) is 3.57. The predicted octanol–water partition coefficient (Wildman–Crippen LogP) is 2.11. The lowest BCUT2D eigenvalue weighted by Crippen LogP contribution is -2.45. The Labute approximate surface area is 77.1 Å². The zero-order valence-corrected chi connectivity index (χ0v) is 8.98. The fourth-order valence-corrected chi connectivity index (χ4v) is 1.30. The summed E-state index contributed by atoms with van der Waals surface area (Å²) in [6.45, 7) is 9.82. The van der Waals surface area contributed by atoms with Gasteiger partial charge in [-0.15, -0.1) is 0 Å². The van der Waals surface area contributed by atoms with Gasteiger partial charge in [-0.2, -0.15) is 0 Å². The van der Waals surface area contributed by atoms with Crippen molar-refractivity contribution in [2.24, 2.45) is 0 Å². The molecule has 0 bridgehead atoms. The molecule has 0 aliphatic heterocycles. The van der Waals surface area contributed by atoms with Crippen molar-refractivity contribution >= 4 is 0 Å². The number of nitrogens with one attached hydrogen (secondary N) is 2. The van der Waals surface area contributed by atoms with Crippen LogP contribution in [0.2, 0.25) is 0 Å². The molecule has 0 saturated carbocycles. The van der Waals surface area contributed by atoms with E-state index in [9.17, 15) is 0 Å². The average Bonchev–Trinajstić information content (AvgIpc) is 2.00. The molecule has 0 spiro atoms. The van der Waals surface area contributed by atoms with E-state index < -0.39 is 0 Å². The maximum atomic E-state index is 3.50. The van der Waals surface area contributed by atoms with Gasteiger partial charge in [-0.25, -0.2) is 0 Å². The predicted molar refractivity (Wildman–Crippen MR) is 55.3 cm³/mol. The summed E-state index contributed by atoms with van der Waals surface area (Å²) < 4.78 is 0. The van der Waals surface area contributed by atoms with E-state index in [2.05, 4.69) is 38.3 Å². The Balaban J connectivity index is 3.54. The van der Waals surface area contributed by atoms with Gasteiger partial charge < -0.3 is 5.32 Å². The summed E-state index contributed by atoms with van der Waals surface area (Å²) in [5.41, 5.74) is 0. The molecule has 0 saturated heterocycles. The van der Waals surface area contributed by atoms with Crippen LogP contribution in [-0.2, 0) is 0 Å². The minimum Gasteiger partial charge on any atom is -0.302 e. The second-order valence-corrected chi connectivity index (χ2v) is 3.57. The summed E-state index contributed by atoms with van der Waals surface area (Å²) >= 11 is 0. The Bertz CT molecular complexity index is 91.8. The molecule has 0 heterocycles. The van der Waals surface area contributed by atoms with E-state index in [-0.39, 0.29) is 0 Å². The first-order valence-corrected chi connectivity index (χ1v) is 5.20. The highest BCUT2D eigenvalue weighted by Crippen LogP contribution is 1.98. The van der Waals surface area contributed by atoms with E-state index in [1.807, 2.05) is 0 Å². The Hall–Kier alpha value is -0.0800. The summed E-state index contributed by atoms with van der Waals surface area (Å²) in [5, 5.41) is 6.94. The standard InChI is InChI=1S/C10H24N2/c1-5-7-8-10(11-6-2)12-9(3)4/h9-12H,5-8H2,1-4H3. The zero-order valence-electron chi connectivity index (χ0n) is 8.98. The summed E-state index contributed by atoms with van der Waals surface area (Å²) in [6.07, 6.45) is 4.33. The highest BCUT2D eigenvalue weighted by atomic mass is 15.1. The molecule has 0 aliphatic carbocycles. The van der Waals surface area contributed by atoms with Crippen LogP contribution in [0.15, 0.2) is 0 Å². The van der Waals surface area contributed by atoms with Crippen molar-refractivity contribution in [3.05, 3.63) is 0 Å². The normalized spacial score (nSPS) is 13.8. The molecule has 0 aromatic rings. The first-order valence-electron chi connectivity index (χ1n) is 5.20. The monoisotopic (exact) mass is 172 g/mol. The van der Waals surface area contributed by atoms with Gasteiger partial charge in [0, 0.05) is 6.04 Å². The fourth-order valence-electron chi connectivity index (χ4n) is 1.30. The third-order valence-electron chi connectivity index (χ3n) is 1.83. The van der Waals surface area contributed by atoms with Crippen LogP contribution < -0.4 is 10.6 Å². The van der Waals surface area contributed by atoms with Gasteiger partial charge in [0.25, 0.3) is 0 Å². The van der Waals surface area contributed by atoms with Crippen LogP contribution in [0.3, 0.4) is 0 Å². The van der Waals surface area contributed by atoms with E-state index in [0.29, 0.717) is 12.2 Å². The lowest BCUT2D eigenvalue weighted by molar-refractivity contribution is 0.370. The second kappa shape index (κ2) is 7.56. The minimum absolute atomic E-state index is 0.509. The van der Waals surface area contributed by atoms with Crippen LogP contribution in [0.5, 0.6) is 0 Å². The Morgan fingerprint density at radius 2 is 1.83 bits per heavy atom. The summed E-state index contributed by atoms with van der Waals surface area (Å²) in [7, 11) is 0. The van der Waals surface area contributed by atoms with Crippen molar-refractivity contribution in [3.63, 3.8) is 0 Å². The van der Waals surface area contributed by atoms with Crippen LogP contribution in [-0.4, -0.2) is 18.8 Å². The van der Waals surface area contributed by atoms with Gasteiger partial charge in [-0.3, -0.25) is 5.32 Å². The van der Waals surface area contributed by atoms with Gasteiger partial charge >= 0.3 is 0 Å². The molecule has 12 heavy (non-hydrogen) atoms. The van der Waals surface area contributed by atoms with Crippen LogP contribution >= 0.6 is 0 Å². The number of hydrogen-bond donors (Lipinski definition) is 2. The molecule has 1 unspecified atom stereocenters. The highest BCUT2D eigenvalue weighted by Gasteiger charge is 2.06. The topological polar surface area (TPSA) is 24.1 Å². The van der Waals surface area contributed by atoms with Crippen molar-refractivity contribution in [1.82, 2.24) is 10.6 Å². The van der Waals surface area contributed by atoms with Gasteiger partial charge in [0.15, 0.2) is 0 Å². The molecule has 2 N–H and O–H groups in total. The number of hydrogen-bond acceptors (Lipinski definition) is 2. The molecular weight excluding hydrogens is 148 g/mol. The molecule has 0 fully saturated rings. The van der Waals surface area contributed by atoms with Crippen molar-refractivity contribution in [2.75, 3.05) is 6.54 Å². The third-order valence-corrected chi connectivity index (χ3v) is 1.83. The average molecular weight is 172 g/mol. The molecular formula is C10H24N2. The van der Waals surface area contributed by atoms with Crippen molar-refractivity contribution in [3.8, 4) is 0 Å². The molecule has 1 atom stereocenters. The molecule has 2 nitrogen and oxygen atoms in total. The van der Waals surface area contributed by atoms with Gasteiger partial charge in [-0.05, 0) is 26.8 Å². The smallest absolute Gasteiger partial charge is 0.0573 e. The molecule has 0 aromatic heterocycles. The van der Waals surface area contributed by atoms with E-state index in [0.717, 1.165) is 6.54 Å². The van der Waals surface area contributed by atoms with Crippen LogP contribution in [0.1, 0.15) is 47.0 Å². The Kier molecular flexibility index (Phi) is 7.51. The molecule has 0 aliphatic rings. The van der Waals surface area contributed by atoms with Crippen molar-refractivity contribution < 1.29 is 0 Å². The van der Waals surface area contributed by atoms with E-state index in [4.69, 9.17) is 0 Å². The largest absolute Gasteiger partial charge is 0.302 e. The van der Waals surface area contributed by atoms with E-state index in [1.54, 1.807) is 0 Å². The maximum Gasteiger partial charge on any atom is 0.0573 e. The van der Waals surface area contributed by atoms with Gasteiger partial charge in [-0.1, -0.05) is 26.7 Å². The minimum atomic E-state index is 0.509. The fraction of sp³-hybridized carbons (Fsp3) is 1.00. The molecule has 0 amide bonds. The molecule has 0 aromatic carbocycles. The van der Waals surface area contributed by atoms with Crippen molar-refractivity contribution in [1.29, 1.82) is 0 Å². The Morgan fingerprint density at radius 1 is 1.17 bits per heavy atom. The SMILES string of the molecule is CCCCC(NCC)NC(C)C.